The van der Waals surface area contributed by atoms with Gasteiger partial charge in [-0.3, -0.25) is 4.79 Å². The van der Waals surface area contributed by atoms with E-state index in [0.717, 1.165) is 6.07 Å². The standard InChI is InChI=1S/C15H15FN4O/c1-9(2)20-8-11(18)6-14(20)15(21)19-12-3-4-13(16)10(5-12)7-17/h3-6,8-9H,18H2,1-2H3,(H,19,21). The Morgan fingerprint density at radius 2 is 2.14 bits per heavy atom. The molecule has 0 unspecified atom stereocenters. The summed E-state index contributed by atoms with van der Waals surface area (Å²) in [5, 5.41) is 11.4. The van der Waals surface area contributed by atoms with Crippen LogP contribution in [0.3, 0.4) is 0 Å². The lowest BCUT2D eigenvalue weighted by molar-refractivity contribution is 0.101. The van der Waals surface area contributed by atoms with Crippen LogP contribution in [0.4, 0.5) is 15.8 Å². The van der Waals surface area contributed by atoms with Crippen molar-refractivity contribution in [2.75, 3.05) is 11.1 Å². The molecule has 21 heavy (non-hydrogen) atoms. The van der Waals surface area contributed by atoms with Crippen molar-refractivity contribution in [2.24, 2.45) is 0 Å². The molecule has 0 spiro atoms. The minimum atomic E-state index is -0.620. The van der Waals surface area contributed by atoms with Gasteiger partial charge in [0, 0.05) is 17.9 Å². The first kappa shape index (κ1) is 14.6. The zero-order chi connectivity index (χ0) is 15.6. The lowest BCUT2D eigenvalue weighted by Crippen LogP contribution is -2.17. The summed E-state index contributed by atoms with van der Waals surface area (Å²) in [6.45, 7) is 3.86. The number of nitriles is 1. The van der Waals surface area contributed by atoms with Gasteiger partial charge in [-0.2, -0.15) is 5.26 Å². The van der Waals surface area contributed by atoms with Crippen molar-refractivity contribution in [2.45, 2.75) is 19.9 Å². The molecule has 5 nitrogen and oxygen atoms in total. The Kier molecular flexibility index (Phi) is 3.94. The van der Waals surface area contributed by atoms with Crippen LogP contribution in [-0.4, -0.2) is 10.5 Å². The fraction of sp³-hybridized carbons (Fsp3) is 0.200. The van der Waals surface area contributed by atoms with E-state index in [0.29, 0.717) is 17.1 Å². The van der Waals surface area contributed by atoms with Crippen LogP contribution in [0.1, 0.15) is 35.9 Å². The molecule has 0 saturated carbocycles. The second-order valence-corrected chi connectivity index (χ2v) is 4.92. The van der Waals surface area contributed by atoms with Crippen LogP contribution in [0.25, 0.3) is 0 Å². The first-order valence-electron chi connectivity index (χ1n) is 6.40. The second-order valence-electron chi connectivity index (χ2n) is 4.92. The van der Waals surface area contributed by atoms with Crippen molar-refractivity contribution in [3.05, 3.63) is 47.5 Å². The van der Waals surface area contributed by atoms with E-state index in [9.17, 15) is 9.18 Å². The van der Waals surface area contributed by atoms with Gasteiger partial charge in [0.25, 0.3) is 5.91 Å². The molecule has 0 atom stereocenters. The first-order valence-corrected chi connectivity index (χ1v) is 6.40. The lowest BCUT2D eigenvalue weighted by Gasteiger charge is -2.12. The maximum atomic E-state index is 13.2. The number of benzene rings is 1. The highest BCUT2D eigenvalue weighted by molar-refractivity contribution is 6.04. The number of hydrogen-bond donors (Lipinski definition) is 2. The maximum Gasteiger partial charge on any atom is 0.272 e. The van der Waals surface area contributed by atoms with Crippen LogP contribution in [0.15, 0.2) is 30.5 Å². The molecule has 6 heteroatoms. The minimum absolute atomic E-state index is 0.0749. The Morgan fingerprint density at radius 1 is 1.43 bits per heavy atom. The van der Waals surface area contributed by atoms with Gasteiger partial charge in [-0.25, -0.2) is 4.39 Å². The minimum Gasteiger partial charge on any atom is -0.397 e. The number of amides is 1. The van der Waals surface area contributed by atoms with E-state index in [1.165, 1.54) is 12.1 Å². The quantitative estimate of drug-likeness (QED) is 0.909. The molecular formula is C15H15FN4O. The molecule has 1 amide bonds. The van der Waals surface area contributed by atoms with Crippen molar-refractivity contribution in [3.63, 3.8) is 0 Å². The SMILES string of the molecule is CC(C)n1cc(N)cc1C(=O)Nc1ccc(F)c(C#N)c1. The highest BCUT2D eigenvalue weighted by atomic mass is 19.1. The van der Waals surface area contributed by atoms with E-state index >= 15 is 0 Å². The number of nitrogens with zero attached hydrogens (tertiary/aromatic N) is 2. The smallest absolute Gasteiger partial charge is 0.272 e. The molecule has 0 aliphatic rings. The zero-order valence-electron chi connectivity index (χ0n) is 11.7. The topological polar surface area (TPSA) is 83.8 Å². The molecular weight excluding hydrogens is 271 g/mol. The number of anilines is 2. The monoisotopic (exact) mass is 286 g/mol. The number of rotatable bonds is 3. The van der Waals surface area contributed by atoms with Crippen LogP contribution >= 0.6 is 0 Å². The van der Waals surface area contributed by atoms with Gasteiger partial charge in [-0.05, 0) is 38.1 Å². The number of halogens is 1. The third kappa shape index (κ3) is 3.03. The Labute approximate surface area is 121 Å². The van der Waals surface area contributed by atoms with E-state index in [1.54, 1.807) is 22.9 Å². The van der Waals surface area contributed by atoms with Crippen molar-refractivity contribution in [1.29, 1.82) is 5.26 Å². The second kappa shape index (κ2) is 5.67. The van der Waals surface area contributed by atoms with Crippen molar-refractivity contribution >= 4 is 17.3 Å². The summed E-state index contributed by atoms with van der Waals surface area (Å²) >= 11 is 0. The van der Waals surface area contributed by atoms with Gasteiger partial charge in [0.05, 0.1) is 11.3 Å². The normalized spacial score (nSPS) is 10.4. The molecule has 0 bridgehead atoms. The third-order valence-corrected chi connectivity index (χ3v) is 3.00. The number of nitrogens with two attached hydrogens (primary N) is 1. The average molecular weight is 286 g/mol. The Hall–Kier alpha value is -2.81. The highest BCUT2D eigenvalue weighted by Gasteiger charge is 2.15. The van der Waals surface area contributed by atoms with E-state index < -0.39 is 5.82 Å². The van der Waals surface area contributed by atoms with Crippen LogP contribution in [0, 0.1) is 17.1 Å². The maximum absolute atomic E-state index is 13.2. The molecule has 1 aromatic heterocycles. The number of hydrogen-bond acceptors (Lipinski definition) is 3. The number of carbonyl (C=O) groups excluding carboxylic acids is 1. The summed E-state index contributed by atoms with van der Waals surface area (Å²) in [6, 6.07) is 7.22. The van der Waals surface area contributed by atoms with Gasteiger partial charge < -0.3 is 15.6 Å². The summed E-state index contributed by atoms with van der Waals surface area (Å²) < 4.78 is 15.0. The summed E-state index contributed by atoms with van der Waals surface area (Å²) in [7, 11) is 0. The molecule has 1 heterocycles. The summed E-state index contributed by atoms with van der Waals surface area (Å²) in [6.07, 6.45) is 1.69. The Bertz CT molecular complexity index is 728. The average Bonchev–Trinajstić information content (AvgIpc) is 2.83. The summed E-state index contributed by atoms with van der Waals surface area (Å²) in [4.78, 5) is 12.3. The molecule has 0 aliphatic carbocycles. The molecule has 108 valence electrons. The molecule has 2 rings (SSSR count). The molecule has 0 fully saturated rings. The zero-order valence-corrected chi connectivity index (χ0v) is 11.7. The predicted molar refractivity (Wildman–Crippen MR) is 78.3 cm³/mol. The highest BCUT2D eigenvalue weighted by Crippen LogP contribution is 2.19. The first-order chi connectivity index (χ1) is 9.92. The Balaban J connectivity index is 2.29. The van der Waals surface area contributed by atoms with Crippen molar-refractivity contribution in [1.82, 2.24) is 4.57 Å². The molecule has 0 saturated heterocycles. The van der Waals surface area contributed by atoms with E-state index in [4.69, 9.17) is 11.0 Å². The Morgan fingerprint density at radius 3 is 2.76 bits per heavy atom. The molecule has 0 aliphatic heterocycles. The van der Waals surface area contributed by atoms with Crippen molar-refractivity contribution in [3.8, 4) is 6.07 Å². The number of carbonyl (C=O) groups is 1. The van der Waals surface area contributed by atoms with E-state index in [-0.39, 0.29) is 17.5 Å². The van der Waals surface area contributed by atoms with Crippen molar-refractivity contribution < 1.29 is 9.18 Å². The largest absolute Gasteiger partial charge is 0.397 e. The van der Waals surface area contributed by atoms with Gasteiger partial charge in [-0.15, -0.1) is 0 Å². The van der Waals surface area contributed by atoms with Crippen LogP contribution in [0.5, 0.6) is 0 Å². The number of nitrogens with one attached hydrogen (secondary N) is 1. The summed E-state index contributed by atoms with van der Waals surface area (Å²) in [5.41, 5.74) is 6.86. The lowest BCUT2D eigenvalue weighted by atomic mass is 10.2. The molecule has 0 radical (unpaired) electrons. The van der Waals surface area contributed by atoms with E-state index in [1.807, 2.05) is 13.8 Å². The van der Waals surface area contributed by atoms with Crippen LogP contribution in [-0.2, 0) is 0 Å². The third-order valence-electron chi connectivity index (χ3n) is 3.00. The van der Waals surface area contributed by atoms with Gasteiger partial charge in [0.15, 0.2) is 0 Å². The van der Waals surface area contributed by atoms with Crippen LogP contribution in [0.2, 0.25) is 0 Å². The van der Waals surface area contributed by atoms with Crippen LogP contribution < -0.4 is 11.1 Å². The van der Waals surface area contributed by atoms with Gasteiger partial charge in [-0.1, -0.05) is 0 Å². The summed E-state index contributed by atoms with van der Waals surface area (Å²) in [5.74, 6) is -0.985. The number of aromatic nitrogens is 1. The van der Waals surface area contributed by atoms with E-state index in [2.05, 4.69) is 5.32 Å². The van der Waals surface area contributed by atoms with Gasteiger partial charge in [0.1, 0.15) is 17.6 Å². The molecule has 3 N–H and O–H groups in total. The predicted octanol–water partition coefficient (Wildman–Crippen LogP) is 2.91. The molecule has 1 aromatic carbocycles. The van der Waals surface area contributed by atoms with Gasteiger partial charge in [0.2, 0.25) is 0 Å². The number of nitrogen functional groups attached to an aromatic ring is 1. The fourth-order valence-corrected chi connectivity index (χ4v) is 1.99. The fourth-order valence-electron chi connectivity index (χ4n) is 1.99. The molecule has 2 aromatic rings. The van der Waals surface area contributed by atoms with Gasteiger partial charge >= 0.3 is 0 Å².